The van der Waals surface area contributed by atoms with Crippen LogP contribution >= 0.6 is 0 Å². The highest BCUT2D eigenvalue weighted by Crippen LogP contribution is 2.18. The zero-order chi connectivity index (χ0) is 61.9. The number of quaternary nitrogens is 1. The van der Waals surface area contributed by atoms with Gasteiger partial charge >= 0.3 is 11.9 Å². The van der Waals surface area contributed by atoms with Crippen molar-refractivity contribution in [2.24, 2.45) is 0 Å². The van der Waals surface area contributed by atoms with E-state index in [9.17, 15) is 19.5 Å². The Balaban J connectivity index is 4.05. The zero-order valence-electron chi connectivity index (χ0n) is 57.0. The molecule has 0 bridgehead atoms. The first-order chi connectivity index (χ1) is 41.6. The first-order valence-corrected chi connectivity index (χ1v) is 36.8. The van der Waals surface area contributed by atoms with Crippen LogP contribution in [0.15, 0.2) is 48.6 Å². The number of carboxylic acid groups (broad SMARTS) is 1. The van der Waals surface area contributed by atoms with Gasteiger partial charge in [0, 0.05) is 12.8 Å². The van der Waals surface area contributed by atoms with Crippen LogP contribution in [0.2, 0.25) is 0 Å². The average molecular weight is 1200 g/mol. The Hall–Kier alpha value is -2.75. The van der Waals surface area contributed by atoms with Gasteiger partial charge in [0.15, 0.2) is 12.4 Å². The number of unbranched alkanes of at least 4 members (excludes halogenated alkanes) is 46. The highest BCUT2D eigenvalue weighted by Gasteiger charge is 2.22. The molecule has 9 nitrogen and oxygen atoms in total. The Morgan fingerprint density at radius 1 is 0.353 bits per heavy atom. The number of carbonyl (C=O) groups is 3. The van der Waals surface area contributed by atoms with Gasteiger partial charge in [0.05, 0.1) is 40.3 Å². The molecule has 0 aromatic heterocycles. The molecule has 0 radical (unpaired) electrons. The van der Waals surface area contributed by atoms with Crippen LogP contribution < -0.4 is 5.11 Å². The molecule has 85 heavy (non-hydrogen) atoms. The molecule has 0 rings (SSSR count). The maximum atomic E-state index is 12.9. The SMILES string of the molecule is CCCCCCC/C=C\C/C=C\C/C=C\CCCCCCCCCCCCCCCCCCCCC(=O)OC(COC(=O)CCCCCCCCCCCCCCCCC/C=C\CCCCCCCCCC)COC(OCC[N+](C)(C)C)C(=O)[O-]. The van der Waals surface area contributed by atoms with Crippen molar-refractivity contribution in [2.75, 3.05) is 47.5 Å². The van der Waals surface area contributed by atoms with Gasteiger partial charge in [-0.15, -0.1) is 0 Å². The Labute approximate surface area is 527 Å². The van der Waals surface area contributed by atoms with Crippen molar-refractivity contribution in [1.82, 2.24) is 0 Å². The molecule has 0 saturated heterocycles. The van der Waals surface area contributed by atoms with E-state index in [1.54, 1.807) is 0 Å². The molecule has 0 aliphatic rings. The van der Waals surface area contributed by atoms with Crippen molar-refractivity contribution < 1.29 is 42.9 Å². The van der Waals surface area contributed by atoms with E-state index in [4.69, 9.17) is 18.9 Å². The number of hydrogen-bond donors (Lipinski definition) is 0. The number of ether oxygens (including phenoxy) is 4. The molecule has 2 atom stereocenters. The summed E-state index contributed by atoms with van der Waals surface area (Å²) in [6.45, 7) is 4.80. The number of carbonyl (C=O) groups excluding carboxylic acids is 3. The van der Waals surface area contributed by atoms with Gasteiger partial charge in [-0.05, 0) is 77.0 Å². The van der Waals surface area contributed by atoms with Gasteiger partial charge in [-0.1, -0.05) is 319 Å². The second-order valence-corrected chi connectivity index (χ2v) is 26.2. The minimum atomic E-state index is -1.62. The number of allylic oxidation sites excluding steroid dienone is 8. The fourth-order valence-corrected chi connectivity index (χ4v) is 10.9. The molecule has 0 aliphatic carbocycles. The Morgan fingerprint density at radius 3 is 0.953 bits per heavy atom. The topological polar surface area (TPSA) is 111 Å². The first-order valence-electron chi connectivity index (χ1n) is 36.8. The van der Waals surface area contributed by atoms with Crippen LogP contribution in [0.3, 0.4) is 0 Å². The summed E-state index contributed by atoms with van der Waals surface area (Å²) >= 11 is 0. The Morgan fingerprint density at radius 2 is 0.635 bits per heavy atom. The largest absolute Gasteiger partial charge is 0.545 e. The number of aliphatic carboxylic acids is 1. The number of nitrogens with zero attached hydrogens (tertiary/aromatic N) is 1. The summed E-state index contributed by atoms with van der Waals surface area (Å²) in [5.41, 5.74) is 0. The van der Waals surface area contributed by atoms with Crippen molar-refractivity contribution in [3.8, 4) is 0 Å². The van der Waals surface area contributed by atoms with Crippen LogP contribution in [0.1, 0.15) is 361 Å². The van der Waals surface area contributed by atoms with E-state index in [0.717, 1.165) is 44.9 Å². The summed E-state index contributed by atoms with van der Waals surface area (Å²) in [5, 5.41) is 11.8. The van der Waals surface area contributed by atoms with Crippen molar-refractivity contribution in [1.29, 1.82) is 0 Å². The third-order valence-electron chi connectivity index (χ3n) is 16.5. The molecule has 0 amide bonds. The average Bonchev–Trinajstić information content (AvgIpc) is 3.49. The van der Waals surface area contributed by atoms with Crippen molar-refractivity contribution in [3.05, 3.63) is 48.6 Å². The number of esters is 2. The fraction of sp³-hybridized carbons (Fsp3) is 0.855. The molecular formula is C76H141NO8. The first kappa shape index (κ1) is 82.2. The monoisotopic (exact) mass is 1200 g/mol. The second-order valence-electron chi connectivity index (χ2n) is 26.2. The standard InChI is InChI=1S/C76H141NO8/c1-6-8-10-12-14-16-18-20-22-24-26-28-30-32-34-35-36-37-38-39-41-43-45-47-49-51-53-55-57-59-61-63-65-67-74(79)85-72(71-84-76(75(80)81)82-69-68-77(3,4)5)70-83-73(78)66-64-62-60-58-56-54-52-50-48-46-44-42-40-33-31-29-27-25-23-21-19-17-15-13-11-9-7-2/h18,20,24-27,30,32,72,76H,6-17,19,21-23,28-29,31,33-71H2,1-5H3/b20-18-,26-24-,27-25-,32-30-. The van der Waals surface area contributed by atoms with Crippen LogP contribution in [-0.2, 0) is 33.3 Å². The lowest BCUT2D eigenvalue weighted by Crippen LogP contribution is -2.44. The molecular weight excluding hydrogens is 1050 g/mol. The summed E-state index contributed by atoms with van der Waals surface area (Å²) < 4.78 is 22.8. The quantitative estimate of drug-likeness (QED) is 0.0195. The molecule has 0 N–H and O–H groups in total. The van der Waals surface area contributed by atoms with E-state index in [2.05, 4.69) is 62.5 Å². The number of hydrogen-bond acceptors (Lipinski definition) is 8. The Bertz CT molecular complexity index is 1530. The predicted molar refractivity (Wildman–Crippen MR) is 362 cm³/mol. The molecule has 0 heterocycles. The van der Waals surface area contributed by atoms with Gasteiger partial charge in [0.25, 0.3) is 0 Å². The van der Waals surface area contributed by atoms with E-state index in [1.807, 2.05) is 21.1 Å². The van der Waals surface area contributed by atoms with Crippen molar-refractivity contribution >= 4 is 17.9 Å². The third-order valence-corrected chi connectivity index (χ3v) is 16.5. The molecule has 9 heteroatoms. The minimum Gasteiger partial charge on any atom is -0.545 e. The van der Waals surface area contributed by atoms with Gasteiger partial charge in [-0.3, -0.25) is 9.59 Å². The second kappa shape index (κ2) is 67.2. The summed E-state index contributed by atoms with van der Waals surface area (Å²) in [5.74, 6) is -2.26. The number of rotatable bonds is 69. The Kier molecular flexibility index (Phi) is 65.0. The normalized spacial score (nSPS) is 12.9. The van der Waals surface area contributed by atoms with Crippen LogP contribution in [0, 0.1) is 0 Å². The van der Waals surface area contributed by atoms with Gasteiger partial charge in [-0.25, -0.2) is 0 Å². The van der Waals surface area contributed by atoms with Gasteiger partial charge in [0.2, 0.25) is 0 Å². The zero-order valence-corrected chi connectivity index (χ0v) is 57.0. The number of carboxylic acids is 1. The molecule has 0 aromatic carbocycles. The van der Waals surface area contributed by atoms with Crippen LogP contribution in [0.5, 0.6) is 0 Å². The lowest BCUT2D eigenvalue weighted by Gasteiger charge is -2.26. The highest BCUT2D eigenvalue weighted by atomic mass is 16.7. The minimum absolute atomic E-state index is 0.150. The summed E-state index contributed by atoms with van der Waals surface area (Å²) in [6.07, 6.45) is 83.5. The van der Waals surface area contributed by atoms with Crippen molar-refractivity contribution in [3.63, 3.8) is 0 Å². The van der Waals surface area contributed by atoms with E-state index in [0.29, 0.717) is 23.9 Å². The molecule has 0 aliphatic heterocycles. The van der Waals surface area contributed by atoms with E-state index in [-0.39, 0.29) is 32.2 Å². The summed E-state index contributed by atoms with van der Waals surface area (Å²) in [6, 6.07) is 0. The molecule has 0 aromatic rings. The maximum Gasteiger partial charge on any atom is 0.306 e. The van der Waals surface area contributed by atoms with Gasteiger partial charge in [0.1, 0.15) is 13.2 Å². The van der Waals surface area contributed by atoms with Crippen molar-refractivity contribution in [2.45, 2.75) is 373 Å². The molecule has 2 unspecified atom stereocenters. The van der Waals surface area contributed by atoms with E-state index >= 15 is 0 Å². The lowest BCUT2D eigenvalue weighted by atomic mass is 10.0. The predicted octanol–water partition coefficient (Wildman–Crippen LogP) is 21.6. The summed E-state index contributed by atoms with van der Waals surface area (Å²) in [7, 11) is 5.94. The van der Waals surface area contributed by atoms with Gasteiger partial charge < -0.3 is 33.3 Å². The molecule has 498 valence electrons. The molecule has 0 saturated carbocycles. The maximum absolute atomic E-state index is 12.9. The van der Waals surface area contributed by atoms with E-state index < -0.39 is 24.3 Å². The van der Waals surface area contributed by atoms with Gasteiger partial charge in [-0.2, -0.15) is 0 Å². The smallest absolute Gasteiger partial charge is 0.306 e. The molecule has 0 fully saturated rings. The third kappa shape index (κ3) is 68.6. The fourth-order valence-electron chi connectivity index (χ4n) is 10.9. The summed E-state index contributed by atoms with van der Waals surface area (Å²) in [4.78, 5) is 37.5. The van der Waals surface area contributed by atoms with E-state index in [1.165, 1.54) is 283 Å². The molecule has 0 spiro atoms. The lowest BCUT2D eigenvalue weighted by molar-refractivity contribution is -0.870. The van der Waals surface area contributed by atoms with Crippen LogP contribution in [0.4, 0.5) is 0 Å². The number of likely N-dealkylation sites (N-methyl/N-ethyl adjacent to an activating group) is 1. The van der Waals surface area contributed by atoms with Crippen LogP contribution in [0.25, 0.3) is 0 Å². The highest BCUT2D eigenvalue weighted by molar-refractivity contribution is 5.70. The van der Waals surface area contributed by atoms with Crippen LogP contribution in [-0.4, -0.2) is 82.3 Å².